The molecule has 1 fully saturated rings. The minimum Gasteiger partial charge on any atom is -0.339 e. The summed E-state index contributed by atoms with van der Waals surface area (Å²) in [5.41, 5.74) is 4.76. The molecule has 0 atom stereocenters. The Kier molecular flexibility index (Phi) is 5.81. The van der Waals surface area contributed by atoms with Gasteiger partial charge in [-0.05, 0) is 67.1 Å². The number of benzene rings is 2. The number of hydrogen-bond donors (Lipinski definition) is 4. The van der Waals surface area contributed by atoms with Gasteiger partial charge in [0.15, 0.2) is 5.82 Å². The molecule has 0 radical (unpaired) electrons. The van der Waals surface area contributed by atoms with Crippen molar-refractivity contribution in [3.63, 3.8) is 0 Å². The topological polar surface area (TPSA) is 91.0 Å². The van der Waals surface area contributed by atoms with Gasteiger partial charge >= 0.3 is 6.03 Å². The maximum atomic E-state index is 12.5. The Bertz CT molecular complexity index is 1150. The van der Waals surface area contributed by atoms with E-state index in [0.29, 0.717) is 16.8 Å². The van der Waals surface area contributed by atoms with Crippen LogP contribution in [0.25, 0.3) is 0 Å². The molecule has 2 heterocycles. The third-order valence-electron chi connectivity index (χ3n) is 5.83. The van der Waals surface area contributed by atoms with E-state index in [2.05, 4.69) is 49.4 Å². The summed E-state index contributed by atoms with van der Waals surface area (Å²) in [5, 5.41) is 13.0. The predicted octanol–water partition coefficient (Wildman–Crippen LogP) is 5.78. The number of amides is 2. The first-order valence-electron chi connectivity index (χ1n) is 11.0. The van der Waals surface area contributed by atoms with Crippen LogP contribution in [-0.4, -0.2) is 22.0 Å². The third-order valence-corrected chi connectivity index (χ3v) is 6.11. The molecule has 0 spiro atoms. The van der Waals surface area contributed by atoms with E-state index in [1.54, 1.807) is 6.20 Å². The van der Waals surface area contributed by atoms with Crippen LogP contribution in [0.1, 0.15) is 36.8 Å². The van der Waals surface area contributed by atoms with Crippen LogP contribution in [0.15, 0.2) is 48.7 Å². The summed E-state index contributed by atoms with van der Waals surface area (Å²) in [4.78, 5) is 21.4. The molecule has 3 aromatic rings. The van der Waals surface area contributed by atoms with Gasteiger partial charge in [-0.2, -0.15) is 4.98 Å². The molecule has 1 aromatic heterocycles. The quantitative estimate of drug-likeness (QED) is 0.399. The first kappa shape index (κ1) is 20.6. The summed E-state index contributed by atoms with van der Waals surface area (Å²) in [6, 6.07) is 14.3. The lowest BCUT2D eigenvalue weighted by atomic mass is 10.0. The van der Waals surface area contributed by atoms with Gasteiger partial charge in [0, 0.05) is 23.1 Å². The predicted molar refractivity (Wildman–Crippen MR) is 128 cm³/mol. The summed E-state index contributed by atoms with van der Waals surface area (Å²) in [6.45, 7) is 0. The summed E-state index contributed by atoms with van der Waals surface area (Å²) < 4.78 is 0. The lowest BCUT2D eigenvalue weighted by Gasteiger charge is -2.15. The van der Waals surface area contributed by atoms with E-state index < -0.39 is 0 Å². The van der Waals surface area contributed by atoms with Gasteiger partial charge in [-0.15, -0.1) is 0 Å². The van der Waals surface area contributed by atoms with Crippen molar-refractivity contribution in [3.8, 4) is 0 Å². The van der Waals surface area contributed by atoms with Crippen LogP contribution in [0.4, 0.5) is 33.6 Å². The molecular formula is C24H25ClN6O. The summed E-state index contributed by atoms with van der Waals surface area (Å²) in [6.07, 6.45) is 7.70. The molecule has 0 unspecified atom stereocenters. The van der Waals surface area contributed by atoms with Crippen molar-refractivity contribution in [2.45, 2.75) is 44.6 Å². The molecule has 5 rings (SSSR count). The summed E-state index contributed by atoms with van der Waals surface area (Å²) in [5.74, 6) is 0.955. The maximum absolute atomic E-state index is 12.5. The van der Waals surface area contributed by atoms with Gasteiger partial charge in [-0.1, -0.05) is 36.6 Å². The highest BCUT2D eigenvalue weighted by atomic mass is 35.5. The molecule has 8 heteroatoms. The molecule has 1 saturated carbocycles. The Morgan fingerprint density at radius 1 is 1.00 bits per heavy atom. The minimum atomic E-state index is -0.169. The number of nitrogens with one attached hydrogen (secondary N) is 4. The number of nitrogens with zero attached hydrogens (tertiary/aromatic N) is 2. The van der Waals surface area contributed by atoms with Crippen LogP contribution in [0.5, 0.6) is 0 Å². The number of halogens is 1. The lowest BCUT2D eigenvalue weighted by Crippen LogP contribution is -2.36. The smallest absolute Gasteiger partial charge is 0.319 e. The second kappa shape index (κ2) is 9.04. The fourth-order valence-corrected chi connectivity index (χ4v) is 4.42. The molecule has 6 bridgehead atoms. The number of rotatable bonds is 2. The van der Waals surface area contributed by atoms with E-state index in [-0.39, 0.29) is 12.1 Å². The Hall–Kier alpha value is -3.32. The van der Waals surface area contributed by atoms with Gasteiger partial charge in [-0.25, -0.2) is 9.78 Å². The number of hydrogen-bond acceptors (Lipinski definition) is 5. The van der Waals surface area contributed by atoms with E-state index in [9.17, 15) is 4.79 Å². The Labute approximate surface area is 192 Å². The second-order valence-electron chi connectivity index (χ2n) is 8.34. The van der Waals surface area contributed by atoms with Crippen molar-refractivity contribution < 1.29 is 4.79 Å². The van der Waals surface area contributed by atoms with Crippen LogP contribution in [0.3, 0.4) is 0 Å². The van der Waals surface area contributed by atoms with Crippen molar-refractivity contribution in [1.82, 2.24) is 15.3 Å². The average molecular weight is 449 g/mol. The number of fused-ring (bicyclic) bond motifs is 6. The molecule has 1 aliphatic carbocycles. The number of aryl methyl sites for hydroxylation is 2. The fourth-order valence-electron chi connectivity index (χ4n) is 4.28. The highest BCUT2D eigenvalue weighted by Crippen LogP contribution is 2.29. The Morgan fingerprint density at radius 3 is 2.69 bits per heavy atom. The molecule has 1 aliphatic heterocycles. The molecule has 2 amide bonds. The van der Waals surface area contributed by atoms with E-state index >= 15 is 0 Å². The number of carbonyl (C=O) groups excluding carboxylic acids is 1. The number of aromatic nitrogens is 2. The van der Waals surface area contributed by atoms with E-state index in [0.717, 1.165) is 48.3 Å². The van der Waals surface area contributed by atoms with Gasteiger partial charge in [0.25, 0.3) is 0 Å². The fraction of sp³-hybridized carbons (Fsp3) is 0.292. The van der Waals surface area contributed by atoms with Gasteiger partial charge in [0.1, 0.15) is 5.02 Å². The third kappa shape index (κ3) is 4.94. The molecule has 164 valence electrons. The van der Waals surface area contributed by atoms with E-state index in [1.807, 2.05) is 24.3 Å². The first-order chi connectivity index (χ1) is 15.6. The van der Waals surface area contributed by atoms with Crippen LogP contribution >= 0.6 is 11.6 Å². The number of carbonyl (C=O) groups is 1. The number of urea groups is 1. The zero-order valence-electron chi connectivity index (χ0n) is 17.6. The highest BCUT2D eigenvalue weighted by molar-refractivity contribution is 6.32. The van der Waals surface area contributed by atoms with Gasteiger partial charge in [-0.3, -0.25) is 0 Å². The highest BCUT2D eigenvalue weighted by Gasteiger charge is 2.17. The van der Waals surface area contributed by atoms with E-state index in [1.165, 1.54) is 18.4 Å². The van der Waals surface area contributed by atoms with Crippen LogP contribution < -0.4 is 21.3 Å². The SMILES string of the molecule is O=C(Nc1cc2cc(c1)Nc1nc(ncc1Cl)Nc1cccc(c1)CC2)NC1CCCC1. The van der Waals surface area contributed by atoms with Crippen LogP contribution in [0, 0.1) is 0 Å². The molecule has 2 aliphatic rings. The molecular weight excluding hydrogens is 424 g/mol. The van der Waals surface area contributed by atoms with Crippen molar-refractivity contribution >= 4 is 46.5 Å². The van der Waals surface area contributed by atoms with Crippen molar-refractivity contribution in [1.29, 1.82) is 0 Å². The molecule has 0 saturated heterocycles. The Morgan fingerprint density at radius 2 is 1.81 bits per heavy atom. The van der Waals surface area contributed by atoms with Crippen molar-refractivity contribution in [2.24, 2.45) is 0 Å². The van der Waals surface area contributed by atoms with Crippen molar-refractivity contribution in [3.05, 3.63) is 64.8 Å². The van der Waals surface area contributed by atoms with Crippen LogP contribution in [-0.2, 0) is 12.8 Å². The van der Waals surface area contributed by atoms with Crippen LogP contribution in [0.2, 0.25) is 5.02 Å². The maximum Gasteiger partial charge on any atom is 0.319 e. The molecule has 32 heavy (non-hydrogen) atoms. The molecule has 4 N–H and O–H groups in total. The van der Waals surface area contributed by atoms with Gasteiger partial charge in [0.2, 0.25) is 5.95 Å². The molecule has 7 nitrogen and oxygen atoms in total. The lowest BCUT2D eigenvalue weighted by molar-refractivity contribution is 0.248. The van der Waals surface area contributed by atoms with Gasteiger partial charge in [0.05, 0.1) is 6.20 Å². The first-order valence-corrected chi connectivity index (χ1v) is 11.4. The standard InChI is InChI=1S/C24H25ClN6O/c25-21-14-26-23-28-18-7-3-4-15(10-18)8-9-16-11-19(27-22(21)31-23)13-20(12-16)30-24(32)29-17-5-1-2-6-17/h3-4,7,10-14,17H,1-2,5-6,8-9H2,(H2,29,30,32)(H2,26,27,28,31). The summed E-state index contributed by atoms with van der Waals surface area (Å²) >= 11 is 6.36. The van der Waals surface area contributed by atoms with E-state index in [4.69, 9.17) is 11.6 Å². The van der Waals surface area contributed by atoms with Gasteiger partial charge < -0.3 is 21.3 Å². The number of anilines is 5. The monoisotopic (exact) mass is 448 g/mol. The zero-order valence-corrected chi connectivity index (χ0v) is 18.4. The zero-order chi connectivity index (χ0) is 21.9. The summed E-state index contributed by atoms with van der Waals surface area (Å²) in [7, 11) is 0. The normalized spacial score (nSPS) is 15.4. The molecule has 2 aromatic carbocycles. The van der Waals surface area contributed by atoms with Crippen molar-refractivity contribution in [2.75, 3.05) is 16.0 Å². The largest absolute Gasteiger partial charge is 0.339 e. The average Bonchev–Trinajstić information content (AvgIpc) is 3.27. The Balaban J connectivity index is 1.46. The second-order valence-corrected chi connectivity index (χ2v) is 8.75. The minimum absolute atomic E-state index is 0.169.